The van der Waals surface area contributed by atoms with Crippen molar-refractivity contribution < 1.29 is 67.6 Å². The maximum Gasteiger partial charge on any atom is 0.338 e. The van der Waals surface area contributed by atoms with Crippen molar-refractivity contribution >= 4 is 44.0 Å². The van der Waals surface area contributed by atoms with E-state index < -0.39 is 42.3 Å². The zero-order chi connectivity index (χ0) is 54.4. The highest BCUT2D eigenvalue weighted by Gasteiger charge is 2.27. The summed E-state index contributed by atoms with van der Waals surface area (Å²) in [5.41, 5.74) is 2.71. The van der Waals surface area contributed by atoms with Gasteiger partial charge in [0.2, 0.25) is 11.5 Å². The molecule has 0 saturated heterocycles. The van der Waals surface area contributed by atoms with Gasteiger partial charge in [0.15, 0.2) is 11.4 Å². The van der Waals surface area contributed by atoms with E-state index >= 15 is 0 Å². The number of allylic oxidation sites excluding steroid dienone is 1. The summed E-state index contributed by atoms with van der Waals surface area (Å²) in [7, 11) is -7.00. The Morgan fingerprint density at radius 2 is 1.06 bits per heavy atom. The van der Waals surface area contributed by atoms with E-state index in [9.17, 15) is 37.1 Å². The smallest absolute Gasteiger partial charge is 0.338 e. The Hall–Kier alpha value is -6.00. The van der Waals surface area contributed by atoms with Crippen LogP contribution in [0.25, 0.3) is 6.08 Å². The molecule has 0 aliphatic rings. The zero-order valence-electron chi connectivity index (χ0n) is 42.8. The van der Waals surface area contributed by atoms with Crippen molar-refractivity contribution in [2.24, 2.45) is 0 Å². The quantitative estimate of drug-likeness (QED) is 0.0436. The van der Waals surface area contributed by atoms with Crippen LogP contribution in [0.15, 0.2) is 46.9 Å². The lowest BCUT2D eigenvalue weighted by Gasteiger charge is -2.13. The second-order valence-corrected chi connectivity index (χ2v) is 18.2. The van der Waals surface area contributed by atoms with E-state index in [0.29, 0.717) is 24.3 Å². The number of hydrogen-bond donors (Lipinski definition) is 1. The Bertz CT molecular complexity index is 2480. The van der Waals surface area contributed by atoms with Crippen LogP contribution in [0.2, 0.25) is 0 Å². The second-order valence-electron chi connectivity index (χ2n) is 15.0. The number of carbonyl (C=O) groups excluding carboxylic acids is 1. The lowest BCUT2D eigenvalue weighted by atomic mass is 10.2. The summed E-state index contributed by atoms with van der Waals surface area (Å²) in [5.74, 6) is 2.44. The highest BCUT2D eigenvalue weighted by atomic mass is 32.2. The average Bonchev–Trinajstić information content (AvgIpc) is 4.07. The van der Waals surface area contributed by atoms with Gasteiger partial charge in [-0.15, -0.1) is 0 Å². The molecule has 0 fully saturated rings. The summed E-state index contributed by atoms with van der Waals surface area (Å²) in [6, 6.07) is 5.47. The van der Waals surface area contributed by atoms with Gasteiger partial charge in [-0.1, -0.05) is 52.6 Å². The zero-order valence-corrected chi connectivity index (χ0v) is 44.4. The standard InChI is InChI=1S/C8H12N2O6S.C8H13NO4S.C7H8N2O3.C7H11NO2.C6H15N.C5H7NO.C2H4O/c1-5(16-17(3,13)14)4-7-8(10(11)12)6(2)9-15-7;1-6-4-8(12-9-6)5-7(2)13-14(3,10)11;1-3-4-6-7(9(10)11)5(2)8-12-6;1-5-3-7(10-8-5)4-6(2)9;1-4-7(5-2)6-3;1-4-3-5(2)7-6-4;1-2-3/h5H,4H2,1-3H3;4,7H,5H2,1-3H3;3-4H,1-2H3;3,6,9H,4H2,1-2H3;4-6H2,1-3H3;3H,1-2H3;2H,1H3/b;;4-3+;;;;. The summed E-state index contributed by atoms with van der Waals surface area (Å²) in [6.07, 6.45) is 5.21. The number of aromatic nitrogens is 5. The number of aliphatic hydroxyl groups is 1. The van der Waals surface area contributed by atoms with E-state index in [1.54, 1.807) is 39.8 Å². The van der Waals surface area contributed by atoms with Crippen molar-refractivity contribution in [3.05, 3.63) is 102 Å². The van der Waals surface area contributed by atoms with Gasteiger partial charge in [-0.3, -0.25) is 28.6 Å². The van der Waals surface area contributed by atoms with Crippen molar-refractivity contribution in [1.29, 1.82) is 0 Å². The second kappa shape index (κ2) is 34.3. The van der Waals surface area contributed by atoms with E-state index in [4.69, 9.17) is 36.7 Å². The third kappa shape index (κ3) is 31.2. The molecule has 5 heterocycles. The lowest BCUT2D eigenvalue weighted by molar-refractivity contribution is -0.386. The number of rotatable bonds is 16. The van der Waals surface area contributed by atoms with Crippen LogP contribution < -0.4 is 0 Å². The van der Waals surface area contributed by atoms with E-state index in [2.05, 4.69) is 55.6 Å². The normalized spacial score (nSPS) is 12.1. The van der Waals surface area contributed by atoms with Gasteiger partial charge in [-0.2, -0.15) is 16.8 Å². The van der Waals surface area contributed by atoms with Crippen molar-refractivity contribution in [1.82, 2.24) is 30.7 Å². The molecule has 0 bridgehead atoms. The average molecular weight is 1040 g/mol. The van der Waals surface area contributed by atoms with Gasteiger partial charge >= 0.3 is 11.4 Å². The van der Waals surface area contributed by atoms with Crippen molar-refractivity contribution in [3.8, 4) is 0 Å². The molecule has 3 atom stereocenters. The summed E-state index contributed by atoms with van der Waals surface area (Å²) in [5, 5.41) is 48.1. The van der Waals surface area contributed by atoms with Gasteiger partial charge in [0.05, 0.1) is 57.8 Å². The fraction of sp³-hybridized carbons (Fsp3) is 0.581. The number of carbonyl (C=O) groups is 1. The SMILES string of the molecule is C/C=C/c1onc(C)c1[N+](=O)[O-].CC=O.CCN(CC)CC.Cc1cc(C)on1.Cc1cc(CC(C)O)on1.Cc1cc(CC(C)OS(C)(=O)=O)on1.Cc1noc(CC(C)OS(C)(=O)=O)c1[N+](=O)[O-]. The van der Waals surface area contributed by atoms with Crippen molar-refractivity contribution in [2.45, 2.75) is 135 Å². The van der Waals surface area contributed by atoms with Gasteiger partial charge in [0.1, 0.15) is 23.6 Å². The highest BCUT2D eigenvalue weighted by molar-refractivity contribution is 7.86. The van der Waals surface area contributed by atoms with Gasteiger partial charge in [0.25, 0.3) is 20.2 Å². The third-order valence-electron chi connectivity index (χ3n) is 8.02. The van der Waals surface area contributed by atoms with Gasteiger partial charge in [-0.05, 0) is 102 Å². The van der Waals surface area contributed by atoms with Crippen LogP contribution in [0.1, 0.15) is 113 Å². The minimum atomic E-state index is -3.60. The molecule has 0 saturated carbocycles. The fourth-order valence-corrected chi connectivity index (χ4v) is 6.66. The molecule has 0 aromatic carbocycles. The number of aryl methyl sites for hydroxylation is 6. The predicted octanol–water partition coefficient (Wildman–Crippen LogP) is 7.36. The molecule has 5 aromatic rings. The summed E-state index contributed by atoms with van der Waals surface area (Å²) in [6.45, 7) is 28.6. The van der Waals surface area contributed by atoms with E-state index in [1.807, 2.05) is 32.9 Å². The maximum absolute atomic E-state index is 10.9. The Labute approximate surface area is 409 Å². The first kappa shape index (κ1) is 66.1. The van der Waals surface area contributed by atoms with Gasteiger partial charge < -0.3 is 37.4 Å². The van der Waals surface area contributed by atoms with Crippen LogP contribution in [0, 0.1) is 61.8 Å². The first-order valence-corrected chi connectivity index (χ1v) is 25.2. The predicted molar refractivity (Wildman–Crippen MR) is 258 cm³/mol. The number of nitrogens with zero attached hydrogens (tertiary/aromatic N) is 8. The summed E-state index contributed by atoms with van der Waals surface area (Å²) < 4.78 is 76.6. The van der Waals surface area contributed by atoms with Gasteiger partial charge in [0, 0.05) is 37.5 Å². The molecule has 0 spiro atoms. The Morgan fingerprint density at radius 3 is 1.37 bits per heavy atom. The maximum atomic E-state index is 10.9. The Balaban J connectivity index is 0. The van der Waals surface area contributed by atoms with E-state index in [-0.39, 0.29) is 41.1 Å². The summed E-state index contributed by atoms with van der Waals surface area (Å²) in [4.78, 5) is 31.2. The van der Waals surface area contributed by atoms with Crippen molar-refractivity contribution in [3.63, 3.8) is 0 Å². The molecule has 0 aliphatic carbocycles. The van der Waals surface area contributed by atoms with Crippen LogP contribution in [0.4, 0.5) is 11.4 Å². The molecule has 27 heteroatoms. The van der Waals surface area contributed by atoms with Crippen LogP contribution in [-0.4, -0.2) is 119 Å². The molecule has 5 rings (SSSR count). The van der Waals surface area contributed by atoms with E-state index in [1.165, 1.54) is 53.4 Å². The third-order valence-corrected chi connectivity index (χ3v) is 9.37. The molecular formula is C43H70N8O17S2. The first-order valence-electron chi connectivity index (χ1n) is 21.6. The highest BCUT2D eigenvalue weighted by Crippen LogP contribution is 2.25. The molecule has 0 radical (unpaired) electrons. The molecule has 3 unspecified atom stereocenters. The van der Waals surface area contributed by atoms with Crippen molar-refractivity contribution in [2.75, 3.05) is 32.1 Å². The van der Waals surface area contributed by atoms with Crippen LogP contribution in [0.3, 0.4) is 0 Å². The first-order chi connectivity index (χ1) is 32.5. The molecule has 25 nitrogen and oxygen atoms in total. The number of nitro groups is 2. The molecule has 1 N–H and O–H groups in total. The Morgan fingerprint density at radius 1 is 0.657 bits per heavy atom. The molecular weight excluding hydrogens is 965 g/mol. The molecule has 0 amide bonds. The molecule has 396 valence electrons. The minimum absolute atomic E-state index is 0.00338. The summed E-state index contributed by atoms with van der Waals surface area (Å²) >= 11 is 0. The van der Waals surface area contributed by atoms with E-state index in [0.717, 1.165) is 47.4 Å². The number of aliphatic hydroxyl groups excluding tert-OH is 1. The fourth-order valence-electron chi connectivity index (χ4n) is 5.33. The van der Waals surface area contributed by atoms with Crippen LogP contribution in [0.5, 0.6) is 0 Å². The lowest BCUT2D eigenvalue weighted by Crippen LogP contribution is -2.21. The molecule has 5 aromatic heterocycles. The molecule has 70 heavy (non-hydrogen) atoms. The Kier molecular flexibility index (Phi) is 32.4. The number of hydrogen-bond acceptors (Lipinski definition) is 23. The van der Waals surface area contributed by atoms with Crippen LogP contribution >= 0.6 is 0 Å². The van der Waals surface area contributed by atoms with Crippen LogP contribution in [-0.2, 0) is 52.7 Å². The topological polar surface area (TPSA) is 344 Å². The van der Waals surface area contributed by atoms with Gasteiger partial charge in [-0.25, -0.2) is 0 Å². The minimum Gasteiger partial charge on any atom is -0.393 e. The number of aldehydes is 1. The largest absolute Gasteiger partial charge is 0.393 e. The molecule has 0 aliphatic heterocycles. The monoisotopic (exact) mass is 1030 g/mol.